The number of nitrogens with zero attached hydrogens (tertiary/aromatic N) is 3. The number of hydrogen-bond acceptors (Lipinski definition) is 4. The highest BCUT2D eigenvalue weighted by molar-refractivity contribution is 5.59. The summed E-state index contributed by atoms with van der Waals surface area (Å²) in [5.41, 5.74) is 0.715. The van der Waals surface area contributed by atoms with Crippen LogP contribution in [0.2, 0.25) is 0 Å². The lowest BCUT2D eigenvalue weighted by Crippen LogP contribution is -2.39. The Morgan fingerprint density at radius 1 is 1.10 bits per heavy atom. The zero-order chi connectivity index (χ0) is 15.5. The normalized spacial score (nSPS) is 11.5. The highest BCUT2D eigenvalue weighted by Gasteiger charge is 2.18. The van der Waals surface area contributed by atoms with Gasteiger partial charge in [-0.05, 0) is 57.2 Å². The predicted octanol–water partition coefficient (Wildman–Crippen LogP) is 2.88. The van der Waals surface area contributed by atoms with Crippen molar-refractivity contribution in [2.24, 2.45) is 0 Å². The van der Waals surface area contributed by atoms with Gasteiger partial charge in [0.1, 0.15) is 5.82 Å². The lowest BCUT2D eigenvalue weighted by Gasteiger charge is -2.28. The van der Waals surface area contributed by atoms with Crippen molar-refractivity contribution in [3.8, 4) is 11.3 Å². The fourth-order valence-corrected chi connectivity index (χ4v) is 2.09. The van der Waals surface area contributed by atoms with E-state index >= 15 is 0 Å². The summed E-state index contributed by atoms with van der Waals surface area (Å²) in [6.07, 6.45) is 0. The molecule has 2 rings (SSSR count). The van der Waals surface area contributed by atoms with Gasteiger partial charge in [-0.15, -0.1) is 10.2 Å². The van der Waals surface area contributed by atoms with Gasteiger partial charge in [-0.2, -0.15) is 0 Å². The van der Waals surface area contributed by atoms with Crippen LogP contribution in [0.5, 0.6) is 0 Å². The fraction of sp³-hybridized carbons (Fsp3) is 0.375. The summed E-state index contributed by atoms with van der Waals surface area (Å²) in [5.74, 6) is 0.441. The van der Waals surface area contributed by atoms with Crippen molar-refractivity contribution in [2.75, 3.05) is 18.0 Å². The van der Waals surface area contributed by atoms with E-state index in [0.29, 0.717) is 18.1 Å². The van der Waals surface area contributed by atoms with Crippen LogP contribution >= 0.6 is 0 Å². The molecule has 1 aromatic carbocycles. The van der Waals surface area contributed by atoms with Gasteiger partial charge in [0.2, 0.25) is 0 Å². The summed E-state index contributed by atoms with van der Waals surface area (Å²) in [6, 6.07) is 9.86. The summed E-state index contributed by atoms with van der Waals surface area (Å²) >= 11 is 0. The van der Waals surface area contributed by atoms with Crippen LogP contribution in [0.3, 0.4) is 0 Å². The van der Waals surface area contributed by atoms with Crippen LogP contribution < -0.4 is 4.90 Å². The predicted molar refractivity (Wildman–Crippen MR) is 81.6 cm³/mol. The molecule has 0 bridgehead atoms. The Morgan fingerprint density at radius 3 is 2.24 bits per heavy atom. The maximum Gasteiger partial charge on any atom is 0.151 e. The molecule has 2 aromatic rings. The zero-order valence-electron chi connectivity index (χ0n) is 12.5. The Morgan fingerprint density at radius 2 is 1.76 bits per heavy atom. The van der Waals surface area contributed by atoms with Gasteiger partial charge in [0.25, 0.3) is 0 Å². The summed E-state index contributed by atoms with van der Waals surface area (Å²) in [4.78, 5) is 1.96. The maximum absolute atomic E-state index is 12.9. The molecule has 0 fully saturated rings. The molecule has 0 atom stereocenters. The number of benzene rings is 1. The molecular weight excluding hydrogens is 269 g/mol. The van der Waals surface area contributed by atoms with Gasteiger partial charge in [-0.25, -0.2) is 4.39 Å². The molecule has 1 heterocycles. The van der Waals surface area contributed by atoms with Crippen LogP contribution in [0.25, 0.3) is 11.3 Å². The number of anilines is 1. The van der Waals surface area contributed by atoms with E-state index in [4.69, 9.17) is 0 Å². The van der Waals surface area contributed by atoms with Crippen LogP contribution in [0, 0.1) is 5.82 Å². The molecule has 0 spiro atoms. The van der Waals surface area contributed by atoms with Crippen molar-refractivity contribution < 1.29 is 9.50 Å². The molecule has 5 heteroatoms. The number of aromatic nitrogens is 2. The number of hydrogen-bond donors (Lipinski definition) is 1. The molecule has 0 saturated heterocycles. The average Bonchev–Trinajstić information content (AvgIpc) is 2.45. The fourth-order valence-electron chi connectivity index (χ4n) is 2.09. The number of aliphatic hydroxyl groups is 1. The van der Waals surface area contributed by atoms with E-state index in [0.717, 1.165) is 12.1 Å². The number of rotatable bonds is 5. The van der Waals surface area contributed by atoms with E-state index in [1.807, 2.05) is 24.0 Å². The highest BCUT2D eigenvalue weighted by Crippen LogP contribution is 2.19. The molecule has 112 valence electrons. The molecule has 0 saturated carbocycles. The molecule has 0 aliphatic heterocycles. The third kappa shape index (κ3) is 4.23. The van der Waals surface area contributed by atoms with Crippen molar-refractivity contribution in [3.05, 3.63) is 42.2 Å². The molecule has 21 heavy (non-hydrogen) atoms. The summed E-state index contributed by atoms with van der Waals surface area (Å²) < 4.78 is 12.9. The third-order valence-electron chi connectivity index (χ3n) is 3.07. The second kappa shape index (κ2) is 6.18. The van der Waals surface area contributed by atoms with Crippen LogP contribution in [-0.4, -0.2) is 34.0 Å². The van der Waals surface area contributed by atoms with Crippen molar-refractivity contribution in [1.82, 2.24) is 10.2 Å². The van der Waals surface area contributed by atoms with E-state index in [9.17, 15) is 9.50 Å². The molecular formula is C16H20FN3O. The number of likely N-dealkylation sites (N-methyl/N-ethyl adjacent to an activating group) is 1. The lowest BCUT2D eigenvalue weighted by molar-refractivity contribution is 0.0874. The largest absolute Gasteiger partial charge is 0.389 e. The van der Waals surface area contributed by atoms with Crippen LogP contribution in [0.1, 0.15) is 20.8 Å². The first kappa shape index (κ1) is 15.4. The topological polar surface area (TPSA) is 49.2 Å². The maximum atomic E-state index is 12.9. The van der Waals surface area contributed by atoms with Gasteiger partial charge < -0.3 is 10.0 Å². The third-order valence-corrected chi connectivity index (χ3v) is 3.07. The SMILES string of the molecule is CCN(CC(C)(C)O)c1ccc(-c2ccc(F)cc2)nn1. The summed E-state index contributed by atoms with van der Waals surface area (Å²) in [7, 11) is 0. The minimum Gasteiger partial charge on any atom is -0.389 e. The Kier molecular flexibility index (Phi) is 4.53. The van der Waals surface area contributed by atoms with Crippen molar-refractivity contribution >= 4 is 5.82 Å². The molecule has 0 aliphatic carbocycles. The van der Waals surface area contributed by atoms with E-state index in [2.05, 4.69) is 10.2 Å². The molecule has 0 unspecified atom stereocenters. The van der Waals surface area contributed by atoms with Gasteiger partial charge in [0.05, 0.1) is 11.3 Å². The minimum atomic E-state index is -0.798. The van der Waals surface area contributed by atoms with E-state index in [1.54, 1.807) is 26.0 Å². The minimum absolute atomic E-state index is 0.273. The quantitative estimate of drug-likeness (QED) is 0.919. The van der Waals surface area contributed by atoms with Crippen LogP contribution in [-0.2, 0) is 0 Å². The molecule has 1 N–H and O–H groups in total. The van der Waals surface area contributed by atoms with Gasteiger partial charge >= 0.3 is 0 Å². The highest BCUT2D eigenvalue weighted by atomic mass is 19.1. The van der Waals surface area contributed by atoms with Crippen molar-refractivity contribution in [1.29, 1.82) is 0 Å². The van der Waals surface area contributed by atoms with Gasteiger partial charge in [-0.1, -0.05) is 0 Å². The molecule has 0 amide bonds. The van der Waals surface area contributed by atoms with Crippen molar-refractivity contribution in [2.45, 2.75) is 26.4 Å². The first-order valence-corrected chi connectivity index (χ1v) is 6.96. The lowest BCUT2D eigenvalue weighted by atomic mass is 10.1. The second-order valence-corrected chi connectivity index (χ2v) is 5.61. The molecule has 1 aromatic heterocycles. The van der Waals surface area contributed by atoms with E-state index in [1.165, 1.54) is 12.1 Å². The average molecular weight is 289 g/mol. The Labute approximate surface area is 124 Å². The van der Waals surface area contributed by atoms with Gasteiger partial charge in [0.15, 0.2) is 5.82 Å². The van der Waals surface area contributed by atoms with Crippen LogP contribution in [0.15, 0.2) is 36.4 Å². The smallest absolute Gasteiger partial charge is 0.151 e. The first-order valence-electron chi connectivity index (χ1n) is 6.96. The second-order valence-electron chi connectivity index (χ2n) is 5.61. The van der Waals surface area contributed by atoms with Gasteiger partial charge in [-0.3, -0.25) is 0 Å². The van der Waals surface area contributed by atoms with Gasteiger partial charge in [0, 0.05) is 18.7 Å². The molecule has 0 aliphatic rings. The molecule has 4 nitrogen and oxygen atoms in total. The molecule has 0 radical (unpaired) electrons. The number of halogens is 1. The monoisotopic (exact) mass is 289 g/mol. The van der Waals surface area contributed by atoms with Crippen molar-refractivity contribution in [3.63, 3.8) is 0 Å². The summed E-state index contributed by atoms with van der Waals surface area (Å²) in [6.45, 7) is 6.73. The zero-order valence-corrected chi connectivity index (χ0v) is 12.5. The Hall–Kier alpha value is -2.01. The summed E-state index contributed by atoms with van der Waals surface area (Å²) in [5, 5.41) is 18.3. The van der Waals surface area contributed by atoms with Crippen LogP contribution in [0.4, 0.5) is 10.2 Å². The Balaban J connectivity index is 2.19. The standard InChI is InChI=1S/C16H20FN3O/c1-4-20(11-16(2,3)21)15-10-9-14(18-19-15)12-5-7-13(17)8-6-12/h5-10,21H,4,11H2,1-3H3. The van der Waals surface area contributed by atoms with E-state index in [-0.39, 0.29) is 5.82 Å². The Bertz CT molecular complexity index is 576. The van der Waals surface area contributed by atoms with E-state index < -0.39 is 5.60 Å². The first-order chi connectivity index (χ1) is 9.89.